The first-order chi connectivity index (χ1) is 4.56. The summed E-state index contributed by atoms with van der Waals surface area (Å²) in [7, 11) is 0. The molecule has 1 radical (unpaired) electrons. The largest absolute Gasteiger partial charge is 0.396 e. The molecule has 11 heavy (non-hydrogen) atoms. The maximum absolute atomic E-state index is 8.40. The van der Waals surface area contributed by atoms with Gasteiger partial charge in [0.05, 0.1) is 0 Å². The van der Waals surface area contributed by atoms with Gasteiger partial charge in [-0.25, -0.2) is 0 Å². The molecule has 0 saturated carbocycles. The van der Waals surface area contributed by atoms with Gasteiger partial charge < -0.3 is 5.11 Å². The maximum Gasteiger partial charge on any atom is 0.0479 e. The Hall–Kier alpha value is -0.0400. The molecule has 1 heteroatoms. The molecule has 1 nitrogen and oxygen atoms in total. The molecule has 0 aromatic heterocycles. The van der Waals surface area contributed by atoms with Gasteiger partial charge in [0.25, 0.3) is 0 Å². The zero-order chi connectivity index (χ0) is 9.71. The number of aliphatic hydroxyl groups is 1. The van der Waals surface area contributed by atoms with E-state index in [1.54, 1.807) is 0 Å². The fourth-order valence-electron chi connectivity index (χ4n) is 0. The minimum absolute atomic E-state index is 0.0972. The predicted molar refractivity (Wildman–Crippen MR) is 51.4 cm³/mol. The molecular formula is C10H23O. The Balaban J connectivity index is 0. The summed E-state index contributed by atoms with van der Waals surface area (Å²) in [6, 6.07) is 0. The first-order valence-electron chi connectivity index (χ1n) is 4.02. The summed E-state index contributed by atoms with van der Waals surface area (Å²) >= 11 is 0. The van der Waals surface area contributed by atoms with Crippen molar-refractivity contribution < 1.29 is 5.11 Å². The van der Waals surface area contributed by atoms with Gasteiger partial charge in [0.15, 0.2) is 0 Å². The zero-order valence-corrected chi connectivity index (χ0v) is 8.86. The topological polar surface area (TPSA) is 20.2 Å². The standard InChI is InChI=1S/C5H12O.C5H11/c1-5(2,3)4-6;1-5(2,3)4/h6H,4H2,1-3H3;1H2,2-4H3. The van der Waals surface area contributed by atoms with E-state index >= 15 is 0 Å². The highest BCUT2D eigenvalue weighted by molar-refractivity contribution is 4.60. The molecule has 0 aliphatic heterocycles. The highest BCUT2D eigenvalue weighted by Crippen LogP contribution is 2.09. The van der Waals surface area contributed by atoms with E-state index in [9.17, 15) is 0 Å². The Bertz CT molecular complexity index is 76.0. The lowest BCUT2D eigenvalue weighted by Crippen LogP contribution is -2.09. The summed E-state index contributed by atoms with van der Waals surface area (Å²) in [5, 5.41) is 8.40. The minimum atomic E-state index is 0.0972. The van der Waals surface area contributed by atoms with E-state index in [0.29, 0.717) is 0 Å². The summed E-state index contributed by atoms with van der Waals surface area (Å²) in [6.45, 7) is 16.2. The molecule has 0 unspecified atom stereocenters. The lowest BCUT2D eigenvalue weighted by molar-refractivity contribution is 0.177. The molecule has 1 N–H and O–H groups in total. The van der Waals surface area contributed by atoms with Crippen LogP contribution in [0.15, 0.2) is 0 Å². The van der Waals surface area contributed by atoms with Crippen LogP contribution in [0.2, 0.25) is 0 Å². The van der Waals surface area contributed by atoms with E-state index in [1.165, 1.54) is 0 Å². The molecule has 0 aromatic rings. The average Bonchev–Trinajstić information content (AvgIpc) is 1.59. The van der Waals surface area contributed by atoms with Gasteiger partial charge in [0.2, 0.25) is 0 Å². The van der Waals surface area contributed by atoms with Gasteiger partial charge in [-0.3, -0.25) is 0 Å². The van der Waals surface area contributed by atoms with Crippen molar-refractivity contribution in [3.63, 3.8) is 0 Å². The lowest BCUT2D eigenvalue weighted by atomic mass is 9.99. The Labute approximate surface area is 71.8 Å². The van der Waals surface area contributed by atoms with E-state index in [4.69, 9.17) is 5.11 Å². The first kappa shape index (κ1) is 13.5. The van der Waals surface area contributed by atoms with Crippen LogP contribution >= 0.6 is 0 Å². The number of hydrogen-bond donors (Lipinski definition) is 1. The van der Waals surface area contributed by atoms with E-state index in [-0.39, 0.29) is 17.4 Å². The van der Waals surface area contributed by atoms with Crippen molar-refractivity contribution in [2.24, 2.45) is 10.8 Å². The lowest BCUT2D eigenvalue weighted by Gasteiger charge is -2.11. The second-order valence-corrected chi connectivity index (χ2v) is 5.28. The van der Waals surface area contributed by atoms with Gasteiger partial charge >= 0.3 is 0 Å². The second-order valence-electron chi connectivity index (χ2n) is 5.28. The van der Waals surface area contributed by atoms with Crippen molar-refractivity contribution in [1.82, 2.24) is 0 Å². The van der Waals surface area contributed by atoms with E-state index in [1.807, 2.05) is 20.8 Å². The molecule has 0 saturated heterocycles. The second kappa shape index (κ2) is 4.76. The number of rotatable bonds is 0. The smallest absolute Gasteiger partial charge is 0.0479 e. The van der Waals surface area contributed by atoms with Gasteiger partial charge in [0, 0.05) is 6.61 Å². The fourth-order valence-corrected chi connectivity index (χ4v) is 0. The van der Waals surface area contributed by atoms with E-state index in [0.717, 1.165) is 0 Å². The maximum atomic E-state index is 8.40. The average molecular weight is 159 g/mol. The highest BCUT2D eigenvalue weighted by atomic mass is 16.3. The molecule has 0 aliphatic rings. The van der Waals surface area contributed by atoms with Crippen LogP contribution in [0.25, 0.3) is 0 Å². The molecule has 0 aliphatic carbocycles. The molecule has 0 heterocycles. The van der Waals surface area contributed by atoms with Crippen molar-refractivity contribution in [3.8, 4) is 0 Å². The Morgan fingerprint density at radius 3 is 1.09 bits per heavy atom. The van der Waals surface area contributed by atoms with Gasteiger partial charge in [-0.1, -0.05) is 41.5 Å². The van der Waals surface area contributed by atoms with Gasteiger partial charge in [-0.2, -0.15) is 0 Å². The first-order valence-corrected chi connectivity index (χ1v) is 4.02. The summed E-state index contributed by atoms with van der Waals surface area (Å²) < 4.78 is 0. The van der Waals surface area contributed by atoms with Crippen LogP contribution in [0.1, 0.15) is 41.5 Å². The van der Waals surface area contributed by atoms with Crippen LogP contribution in [0, 0.1) is 17.8 Å². The van der Waals surface area contributed by atoms with Crippen molar-refractivity contribution in [2.75, 3.05) is 6.61 Å². The molecular weight excluding hydrogens is 136 g/mol. The van der Waals surface area contributed by atoms with Crippen molar-refractivity contribution >= 4 is 0 Å². The Morgan fingerprint density at radius 2 is 1.09 bits per heavy atom. The number of aliphatic hydroxyl groups excluding tert-OH is 1. The zero-order valence-electron chi connectivity index (χ0n) is 8.86. The third-order valence-corrected chi connectivity index (χ3v) is 0.474. The third-order valence-electron chi connectivity index (χ3n) is 0.474. The van der Waals surface area contributed by atoms with Gasteiger partial charge in [-0.05, 0) is 17.8 Å². The van der Waals surface area contributed by atoms with Crippen LogP contribution in [0.3, 0.4) is 0 Å². The Morgan fingerprint density at radius 1 is 1.00 bits per heavy atom. The minimum Gasteiger partial charge on any atom is -0.396 e. The van der Waals surface area contributed by atoms with Crippen molar-refractivity contribution in [1.29, 1.82) is 0 Å². The van der Waals surface area contributed by atoms with E-state index in [2.05, 4.69) is 27.7 Å². The van der Waals surface area contributed by atoms with Gasteiger partial charge in [-0.15, -0.1) is 0 Å². The molecule has 0 bridgehead atoms. The number of hydrogen-bond acceptors (Lipinski definition) is 1. The van der Waals surface area contributed by atoms with Crippen molar-refractivity contribution in [3.05, 3.63) is 6.92 Å². The van der Waals surface area contributed by atoms with Crippen molar-refractivity contribution in [2.45, 2.75) is 41.5 Å². The molecule has 0 aromatic carbocycles. The summed E-state index contributed by atoms with van der Waals surface area (Å²) in [4.78, 5) is 0. The predicted octanol–water partition coefficient (Wildman–Crippen LogP) is 2.89. The molecule has 0 atom stereocenters. The molecule has 0 spiro atoms. The normalized spacial score (nSPS) is 12.0. The van der Waals surface area contributed by atoms with Crippen LogP contribution in [0.4, 0.5) is 0 Å². The highest BCUT2D eigenvalue weighted by Gasteiger charge is 2.05. The Kier molecular flexibility index (Phi) is 5.86. The van der Waals surface area contributed by atoms with Crippen LogP contribution in [-0.4, -0.2) is 11.7 Å². The summed E-state index contributed by atoms with van der Waals surface area (Å²) in [6.07, 6.45) is 0. The molecule has 69 valence electrons. The molecule has 0 rings (SSSR count). The van der Waals surface area contributed by atoms with Crippen LogP contribution in [-0.2, 0) is 0 Å². The van der Waals surface area contributed by atoms with Crippen LogP contribution < -0.4 is 0 Å². The third kappa shape index (κ3) is 72.0. The quantitative estimate of drug-likeness (QED) is 0.576. The molecule has 0 fully saturated rings. The SMILES string of the molecule is CC(C)(C)CO.[CH2]C(C)(C)C. The summed E-state index contributed by atoms with van der Waals surface area (Å²) in [5.41, 5.74) is 0.347. The monoisotopic (exact) mass is 159 g/mol. The fraction of sp³-hybridized carbons (Fsp3) is 0.900. The molecule has 0 amide bonds. The van der Waals surface area contributed by atoms with E-state index < -0.39 is 0 Å². The van der Waals surface area contributed by atoms with Crippen LogP contribution in [0.5, 0.6) is 0 Å². The van der Waals surface area contributed by atoms with Gasteiger partial charge in [0.1, 0.15) is 0 Å². The summed E-state index contributed by atoms with van der Waals surface area (Å²) in [5.74, 6) is 0.